The Bertz CT molecular complexity index is 531. The molecule has 0 amide bonds. The molecule has 0 heterocycles. The molecule has 0 aliphatic rings. The number of rotatable bonds is 3. The van der Waals surface area contributed by atoms with Crippen molar-refractivity contribution < 1.29 is 4.39 Å². The molecule has 0 fully saturated rings. The Kier molecular flexibility index (Phi) is 4.02. The fourth-order valence-corrected chi connectivity index (χ4v) is 2.30. The van der Waals surface area contributed by atoms with Crippen LogP contribution in [0.25, 0.3) is 0 Å². The maximum absolute atomic E-state index is 13.0. The summed E-state index contributed by atoms with van der Waals surface area (Å²) in [6.07, 6.45) is 0. The van der Waals surface area contributed by atoms with Crippen molar-refractivity contribution >= 4 is 33.2 Å². The Morgan fingerprint density at radius 1 is 1.18 bits per heavy atom. The molecule has 1 N–H and O–H groups in total. The second kappa shape index (κ2) is 5.52. The van der Waals surface area contributed by atoms with Crippen LogP contribution in [-0.4, -0.2) is 0 Å². The summed E-state index contributed by atoms with van der Waals surface area (Å²) in [5.74, 6) is -0.223. The molecule has 0 saturated carbocycles. The number of benzene rings is 2. The van der Waals surface area contributed by atoms with E-state index >= 15 is 0 Å². The number of anilines is 1. The molecule has 88 valence electrons. The van der Waals surface area contributed by atoms with Crippen molar-refractivity contribution in [1.82, 2.24) is 0 Å². The van der Waals surface area contributed by atoms with Crippen molar-refractivity contribution in [2.24, 2.45) is 0 Å². The van der Waals surface area contributed by atoms with Crippen molar-refractivity contribution in [2.75, 3.05) is 5.32 Å². The van der Waals surface area contributed by atoms with E-state index in [0.717, 1.165) is 15.7 Å². The predicted octanol–water partition coefficient (Wildman–Crippen LogP) is 4.85. The summed E-state index contributed by atoms with van der Waals surface area (Å²) in [5, 5.41) is 3.89. The molecule has 1 nitrogen and oxygen atoms in total. The topological polar surface area (TPSA) is 12.0 Å². The molecule has 0 spiro atoms. The van der Waals surface area contributed by atoms with Crippen LogP contribution in [-0.2, 0) is 6.54 Å². The first-order chi connectivity index (χ1) is 8.15. The highest BCUT2D eigenvalue weighted by atomic mass is 79.9. The molecule has 4 heteroatoms. The maximum atomic E-state index is 13.0. The van der Waals surface area contributed by atoms with Crippen LogP contribution in [0.5, 0.6) is 0 Å². The zero-order valence-corrected chi connectivity index (χ0v) is 11.2. The highest BCUT2D eigenvalue weighted by Crippen LogP contribution is 2.26. The van der Waals surface area contributed by atoms with E-state index in [4.69, 9.17) is 11.6 Å². The average Bonchev–Trinajstić information content (AvgIpc) is 2.28. The van der Waals surface area contributed by atoms with Gasteiger partial charge in [0.05, 0.1) is 0 Å². The zero-order valence-electron chi connectivity index (χ0n) is 8.88. The van der Waals surface area contributed by atoms with Crippen LogP contribution >= 0.6 is 27.5 Å². The van der Waals surface area contributed by atoms with Gasteiger partial charge in [0.15, 0.2) is 0 Å². The Balaban J connectivity index is 2.07. The van der Waals surface area contributed by atoms with Crippen LogP contribution < -0.4 is 5.32 Å². The number of nitrogens with one attached hydrogen (secondary N) is 1. The highest BCUT2D eigenvalue weighted by molar-refractivity contribution is 9.10. The third-order valence-corrected chi connectivity index (χ3v) is 3.19. The number of hydrogen-bond donors (Lipinski definition) is 1. The van der Waals surface area contributed by atoms with E-state index in [9.17, 15) is 4.39 Å². The van der Waals surface area contributed by atoms with Crippen molar-refractivity contribution in [1.29, 1.82) is 0 Å². The third-order valence-electron chi connectivity index (χ3n) is 2.30. The van der Waals surface area contributed by atoms with Gasteiger partial charge in [-0.1, -0.05) is 23.7 Å². The fourth-order valence-electron chi connectivity index (χ4n) is 1.48. The normalized spacial score (nSPS) is 10.3. The van der Waals surface area contributed by atoms with Crippen LogP contribution in [0.2, 0.25) is 5.02 Å². The Morgan fingerprint density at radius 2 is 2.00 bits per heavy atom. The lowest BCUT2D eigenvalue weighted by atomic mass is 10.2. The lowest BCUT2D eigenvalue weighted by Gasteiger charge is -2.09. The van der Waals surface area contributed by atoms with Gasteiger partial charge in [-0.3, -0.25) is 0 Å². The van der Waals surface area contributed by atoms with Gasteiger partial charge in [0.1, 0.15) is 5.82 Å². The molecule has 0 aliphatic heterocycles. The minimum absolute atomic E-state index is 0.223. The molecule has 2 aromatic carbocycles. The Morgan fingerprint density at radius 3 is 2.71 bits per heavy atom. The van der Waals surface area contributed by atoms with E-state index in [1.165, 1.54) is 12.1 Å². The highest BCUT2D eigenvalue weighted by Gasteiger charge is 2.01. The summed E-state index contributed by atoms with van der Waals surface area (Å²) >= 11 is 9.26. The smallest absolute Gasteiger partial charge is 0.123 e. The van der Waals surface area contributed by atoms with Crippen LogP contribution in [0.15, 0.2) is 46.9 Å². The minimum atomic E-state index is -0.223. The minimum Gasteiger partial charge on any atom is -0.380 e. The molecular formula is C13H10BrClFN. The molecule has 0 atom stereocenters. The summed E-state index contributed by atoms with van der Waals surface area (Å²) in [6.45, 7) is 0.567. The summed E-state index contributed by atoms with van der Waals surface area (Å²) in [5.41, 5.74) is 1.82. The Hall–Kier alpha value is -1.06. The van der Waals surface area contributed by atoms with Crippen molar-refractivity contribution in [3.05, 3.63) is 63.3 Å². The lowest BCUT2D eigenvalue weighted by molar-refractivity contribution is 0.626. The molecule has 0 unspecified atom stereocenters. The summed E-state index contributed by atoms with van der Waals surface area (Å²) in [6, 6.07) is 12.0. The van der Waals surface area contributed by atoms with E-state index in [1.807, 2.05) is 18.2 Å². The van der Waals surface area contributed by atoms with Gasteiger partial charge in [-0.15, -0.1) is 0 Å². The van der Waals surface area contributed by atoms with Crippen LogP contribution in [0.4, 0.5) is 10.1 Å². The lowest BCUT2D eigenvalue weighted by Crippen LogP contribution is -2.00. The van der Waals surface area contributed by atoms with E-state index in [0.29, 0.717) is 11.6 Å². The van der Waals surface area contributed by atoms with Crippen LogP contribution in [0.1, 0.15) is 5.56 Å². The maximum Gasteiger partial charge on any atom is 0.123 e. The second-order valence-electron chi connectivity index (χ2n) is 3.61. The van der Waals surface area contributed by atoms with E-state index < -0.39 is 0 Å². The molecular weight excluding hydrogens is 305 g/mol. The van der Waals surface area contributed by atoms with Gasteiger partial charge in [-0.2, -0.15) is 0 Å². The molecule has 0 aliphatic carbocycles. The quantitative estimate of drug-likeness (QED) is 0.853. The Labute approximate surface area is 113 Å². The first-order valence-electron chi connectivity index (χ1n) is 5.08. The van der Waals surface area contributed by atoms with Crippen LogP contribution in [0, 0.1) is 5.82 Å². The summed E-state index contributed by atoms with van der Waals surface area (Å²) in [7, 11) is 0. The molecule has 2 rings (SSSR count). The zero-order chi connectivity index (χ0) is 12.3. The van der Waals surface area contributed by atoms with E-state index in [-0.39, 0.29) is 5.82 Å². The molecule has 0 radical (unpaired) electrons. The van der Waals surface area contributed by atoms with Gasteiger partial charge < -0.3 is 5.32 Å². The molecule has 0 saturated heterocycles. The average molecular weight is 315 g/mol. The fraction of sp³-hybridized carbons (Fsp3) is 0.0769. The van der Waals surface area contributed by atoms with Gasteiger partial charge >= 0.3 is 0 Å². The second-order valence-corrected chi connectivity index (χ2v) is 4.90. The van der Waals surface area contributed by atoms with Gasteiger partial charge in [0.25, 0.3) is 0 Å². The third kappa shape index (κ3) is 3.45. The SMILES string of the molecule is Fc1cccc(CNc2ccc(Cl)cc2Br)c1. The first-order valence-corrected chi connectivity index (χ1v) is 6.25. The largest absolute Gasteiger partial charge is 0.380 e. The predicted molar refractivity (Wildman–Crippen MR) is 72.9 cm³/mol. The van der Waals surface area contributed by atoms with Crippen molar-refractivity contribution in [3.63, 3.8) is 0 Å². The van der Waals surface area contributed by atoms with Gasteiger partial charge in [-0.05, 0) is 51.8 Å². The van der Waals surface area contributed by atoms with Crippen molar-refractivity contribution in [3.8, 4) is 0 Å². The first kappa shape index (κ1) is 12.4. The molecule has 17 heavy (non-hydrogen) atoms. The monoisotopic (exact) mass is 313 g/mol. The molecule has 2 aromatic rings. The summed E-state index contributed by atoms with van der Waals surface area (Å²) < 4.78 is 13.9. The molecule has 0 aromatic heterocycles. The number of halogens is 3. The molecule has 0 bridgehead atoms. The van der Waals surface area contributed by atoms with Gasteiger partial charge in [-0.25, -0.2) is 4.39 Å². The van der Waals surface area contributed by atoms with Crippen molar-refractivity contribution in [2.45, 2.75) is 6.54 Å². The standard InChI is InChI=1S/C13H10BrClFN/c14-12-7-10(15)4-5-13(12)17-8-9-2-1-3-11(16)6-9/h1-7,17H,8H2. The van der Waals surface area contributed by atoms with Crippen LogP contribution in [0.3, 0.4) is 0 Å². The van der Waals surface area contributed by atoms with E-state index in [1.54, 1.807) is 12.1 Å². The van der Waals surface area contributed by atoms with E-state index in [2.05, 4.69) is 21.2 Å². The van der Waals surface area contributed by atoms with Gasteiger partial charge in [0.2, 0.25) is 0 Å². The van der Waals surface area contributed by atoms with Gasteiger partial charge in [0, 0.05) is 21.7 Å². The number of hydrogen-bond acceptors (Lipinski definition) is 1. The summed E-state index contributed by atoms with van der Waals surface area (Å²) in [4.78, 5) is 0.